The van der Waals surface area contributed by atoms with Crippen LogP contribution in [0.4, 0.5) is 0 Å². The SMILES string of the molecule is O=C(O)COc1ccc(C#CCBr)cc1. The van der Waals surface area contributed by atoms with Gasteiger partial charge in [0.05, 0.1) is 5.33 Å². The Morgan fingerprint density at radius 2 is 2.07 bits per heavy atom. The maximum absolute atomic E-state index is 10.2. The molecule has 15 heavy (non-hydrogen) atoms. The van der Waals surface area contributed by atoms with Crippen molar-refractivity contribution < 1.29 is 14.6 Å². The number of rotatable bonds is 3. The number of hydrogen-bond acceptors (Lipinski definition) is 2. The summed E-state index contributed by atoms with van der Waals surface area (Å²) in [5, 5.41) is 9.02. The van der Waals surface area contributed by atoms with Crippen LogP contribution >= 0.6 is 15.9 Å². The van der Waals surface area contributed by atoms with Gasteiger partial charge in [0.1, 0.15) is 5.75 Å². The normalized spacial score (nSPS) is 8.87. The summed E-state index contributed by atoms with van der Waals surface area (Å²) in [4.78, 5) is 10.2. The number of ether oxygens (including phenoxy) is 1. The molecule has 0 heterocycles. The standard InChI is InChI=1S/C11H9BrO3/c12-7-1-2-9-3-5-10(6-4-9)15-8-11(13)14/h3-6H,7-8H2,(H,13,14). The minimum absolute atomic E-state index is 0.327. The van der Waals surface area contributed by atoms with Crippen molar-refractivity contribution in [2.24, 2.45) is 0 Å². The zero-order valence-corrected chi connectivity index (χ0v) is 9.45. The van der Waals surface area contributed by atoms with E-state index in [0.717, 1.165) is 5.56 Å². The smallest absolute Gasteiger partial charge is 0.341 e. The molecule has 4 heteroatoms. The van der Waals surface area contributed by atoms with Crippen LogP contribution in [0.25, 0.3) is 0 Å². The van der Waals surface area contributed by atoms with E-state index >= 15 is 0 Å². The predicted octanol–water partition coefficient (Wildman–Crippen LogP) is 1.90. The van der Waals surface area contributed by atoms with E-state index in [1.54, 1.807) is 24.3 Å². The van der Waals surface area contributed by atoms with Crippen molar-refractivity contribution in [3.05, 3.63) is 29.8 Å². The zero-order chi connectivity index (χ0) is 11.1. The van der Waals surface area contributed by atoms with Crippen molar-refractivity contribution in [3.8, 4) is 17.6 Å². The van der Waals surface area contributed by atoms with E-state index in [4.69, 9.17) is 9.84 Å². The van der Waals surface area contributed by atoms with E-state index in [9.17, 15) is 4.79 Å². The molecule has 1 aromatic carbocycles. The molecule has 0 aliphatic rings. The second-order valence-electron chi connectivity index (χ2n) is 2.64. The highest BCUT2D eigenvalue weighted by molar-refractivity contribution is 9.09. The molecule has 0 aliphatic carbocycles. The first kappa shape index (κ1) is 11.6. The molecular weight excluding hydrogens is 260 g/mol. The van der Waals surface area contributed by atoms with Crippen molar-refractivity contribution in [3.63, 3.8) is 0 Å². The Morgan fingerprint density at radius 1 is 1.40 bits per heavy atom. The van der Waals surface area contributed by atoms with Crippen LogP contribution < -0.4 is 4.74 Å². The number of hydrogen-bond donors (Lipinski definition) is 1. The number of alkyl halides is 1. The molecule has 0 saturated heterocycles. The lowest BCUT2D eigenvalue weighted by molar-refractivity contribution is -0.139. The summed E-state index contributed by atoms with van der Waals surface area (Å²) in [7, 11) is 0. The molecule has 0 fully saturated rings. The first-order valence-corrected chi connectivity index (χ1v) is 5.34. The van der Waals surface area contributed by atoms with Gasteiger partial charge in [-0.3, -0.25) is 0 Å². The fourth-order valence-corrected chi connectivity index (χ4v) is 1.06. The van der Waals surface area contributed by atoms with Crippen LogP contribution in [0.1, 0.15) is 5.56 Å². The largest absolute Gasteiger partial charge is 0.482 e. The summed E-state index contributed by atoms with van der Waals surface area (Å²) in [5.41, 5.74) is 0.872. The van der Waals surface area contributed by atoms with Crippen molar-refractivity contribution in [1.29, 1.82) is 0 Å². The van der Waals surface area contributed by atoms with Crippen LogP contribution in [-0.4, -0.2) is 23.0 Å². The highest BCUT2D eigenvalue weighted by Crippen LogP contribution is 2.11. The Balaban J connectivity index is 2.60. The molecule has 0 aliphatic heterocycles. The molecule has 0 atom stereocenters. The van der Waals surface area contributed by atoms with Crippen LogP contribution in [0.15, 0.2) is 24.3 Å². The van der Waals surface area contributed by atoms with Crippen molar-refractivity contribution >= 4 is 21.9 Å². The summed E-state index contributed by atoms with van der Waals surface area (Å²) in [6, 6.07) is 6.96. The molecule has 1 rings (SSSR count). The van der Waals surface area contributed by atoms with Crippen LogP contribution in [0, 0.1) is 11.8 Å². The van der Waals surface area contributed by atoms with Crippen LogP contribution in [0.3, 0.4) is 0 Å². The first-order chi connectivity index (χ1) is 7.22. The summed E-state index contributed by atoms with van der Waals surface area (Å²) < 4.78 is 4.97. The van der Waals surface area contributed by atoms with Gasteiger partial charge < -0.3 is 9.84 Å². The lowest BCUT2D eigenvalue weighted by Gasteiger charge is -2.01. The van der Waals surface area contributed by atoms with Crippen LogP contribution in [0.2, 0.25) is 0 Å². The average Bonchev–Trinajstić information content (AvgIpc) is 2.25. The molecular formula is C11H9BrO3. The van der Waals surface area contributed by atoms with E-state index in [1.165, 1.54) is 0 Å². The Hall–Kier alpha value is -1.47. The average molecular weight is 269 g/mol. The number of halogens is 1. The third-order valence-electron chi connectivity index (χ3n) is 1.52. The van der Waals surface area contributed by atoms with Crippen molar-refractivity contribution in [2.45, 2.75) is 0 Å². The van der Waals surface area contributed by atoms with Crippen LogP contribution in [0.5, 0.6) is 5.75 Å². The third-order valence-corrected chi connectivity index (χ3v) is 1.80. The maximum atomic E-state index is 10.2. The minimum Gasteiger partial charge on any atom is -0.482 e. The summed E-state index contributed by atoms with van der Waals surface area (Å²) in [5.74, 6) is 5.33. The van der Waals surface area contributed by atoms with Crippen molar-refractivity contribution in [2.75, 3.05) is 11.9 Å². The lowest BCUT2D eigenvalue weighted by Crippen LogP contribution is -2.09. The van der Waals surface area contributed by atoms with Gasteiger partial charge in [0.15, 0.2) is 6.61 Å². The third kappa shape index (κ3) is 4.52. The lowest BCUT2D eigenvalue weighted by atomic mass is 10.2. The molecule has 0 unspecified atom stereocenters. The number of aliphatic carboxylic acids is 1. The Morgan fingerprint density at radius 3 is 2.60 bits per heavy atom. The second kappa shape index (κ2) is 6.10. The highest BCUT2D eigenvalue weighted by atomic mass is 79.9. The summed E-state index contributed by atoms with van der Waals surface area (Å²) >= 11 is 3.20. The molecule has 0 radical (unpaired) electrons. The Kier molecular flexibility index (Phi) is 4.72. The topological polar surface area (TPSA) is 46.5 Å². The van der Waals surface area contributed by atoms with Gasteiger partial charge in [-0.2, -0.15) is 0 Å². The van der Waals surface area contributed by atoms with E-state index < -0.39 is 5.97 Å². The molecule has 78 valence electrons. The van der Waals surface area contributed by atoms with Crippen LogP contribution in [-0.2, 0) is 4.79 Å². The van der Waals surface area contributed by atoms with E-state index in [1.807, 2.05) is 0 Å². The van der Waals surface area contributed by atoms with Gasteiger partial charge >= 0.3 is 5.97 Å². The highest BCUT2D eigenvalue weighted by Gasteiger charge is 1.98. The summed E-state index contributed by atoms with van der Waals surface area (Å²) in [6.45, 7) is -0.327. The number of carboxylic acids is 1. The summed E-state index contributed by atoms with van der Waals surface area (Å²) in [6.07, 6.45) is 0. The van der Waals surface area contributed by atoms with E-state index in [0.29, 0.717) is 11.1 Å². The van der Waals surface area contributed by atoms with E-state index in [-0.39, 0.29) is 6.61 Å². The molecule has 0 bridgehead atoms. The molecule has 0 spiro atoms. The van der Waals surface area contributed by atoms with Gasteiger partial charge in [-0.05, 0) is 24.3 Å². The monoisotopic (exact) mass is 268 g/mol. The fourth-order valence-electron chi connectivity index (χ4n) is 0.915. The van der Waals surface area contributed by atoms with Gasteiger partial charge in [-0.1, -0.05) is 27.8 Å². The zero-order valence-electron chi connectivity index (χ0n) is 7.87. The Bertz CT molecular complexity index is 387. The fraction of sp³-hybridized carbons (Fsp3) is 0.182. The van der Waals surface area contributed by atoms with Gasteiger partial charge in [0.25, 0.3) is 0 Å². The minimum atomic E-state index is -0.988. The number of carbonyl (C=O) groups is 1. The maximum Gasteiger partial charge on any atom is 0.341 e. The van der Waals surface area contributed by atoms with Gasteiger partial charge in [0.2, 0.25) is 0 Å². The molecule has 0 aromatic heterocycles. The molecule has 0 amide bonds. The van der Waals surface area contributed by atoms with Crippen molar-refractivity contribution in [1.82, 2.24) is 0 Å². The number of carboxylic acid groups (broad SMARTS) is 1. The first-order valence-electron chi connectivity index (χ1n) is 4.22. The quantitative estimate of drug-likeness (QED) is 0.673. The molecule has 1 N–H and O–H groups in total. The molecule has 1 aromatic rings. The molecule has 3 nitrogen and oxygen atoms in total. The van der Waals surface area contributed by atoms with Gasteiger partial charge in [-0.25, -0.2) is 4.79 Å². The predicted molar refractivity (Wildman–Crippen MR) is 60.2 cm³/mol. The van der Waals surface area contributed by atoms with E-state index in [2.05, 4.69) is 27.8 Å². The number of benzene rings is 1. The molecule has 0 saturated carbocycles. The second-order valence-corrected chi connectivity index (χ2v) is 3.20. The Labute approximate surface area is 96.2 Å². The van der Waals surface area contributed by atoms with Gasteiger partial charge in [-0.15, -0.1) is 0 Å². The van der Waals surface area contributed by atoms with Gasteiger partial charge in [0, 0.05) is 5.56 Å².